The maximum Gasteiger partial charge on any atom is 0.303 e. The number of halogens is 8. The molecule has 0 aromatic heterocycles. The molecule has 1 atom stereocenters. The molecule has 1 unspecified atom stereocenters. The Kier molecular flexibility index (Phi) is 12.2. The number of rotatable bonds is 17. The van der Waals surface area contributed by atoms with Gasteiger partial charge >= 0.3 is 5.92 Å². The topological polar surface area (TPSA) is 9.23 Å². The number of hydrogen-bond acceptors (Lipinski definition) is 1. The van der Waals surface area contributed by atoms with Gasteiger partial charge in [-0.2, -0.15) is 13.2 Å². The molecule has 1 radical (unpaired) electrons. The molecule has 1 nitrogen and oxygen atoms in total. The summed E-state index contributed by atoms with van der Waals surface area (Å²) >= 11 is 0. The largest absolute Gasteiger partial charge is 0.539 e. The van der Waals surface area contributed by atoms with Crippen LogP contribution in [0.15, 0.2) is 0 Å². The molecular formula is C33H45F8OSi2. The monoisotopic (exact) mass is 665 g/mol. The highest BCUT2D eigenvalue weighted by Gasteiger charge is 2.54. The second kappa shape index (κ2) is 14.7. The van der Waals surface area contributed by atoms with Gasteiger partial charge in [-0.1, -0.05) is 111 Å². The Morgan fingerprint density at radius 2 is 1.20 bits per heavy atom. The van der Waals surface area contributed by atoms with E-state index in [1.165, 1.54) is 6.07 Å². The zero-order chi connectivity index (χ0) is 33.0. The Labute approximate surface area is 258 Å². The van der Waals surface area contributed by atoms with Crippen molar-refractivity contribution in [3.05, 3.63) is 52.1 Å². The first-order chi connectivity index (χ1) is 20.7. The lowest BCUT2D eigenvalue weighted by Gasteiger charge is -2.38. The molecule has 1 aliphatic rings. The number of unbranched alkanes of at least 4 members (excludes halogenated alkanes) is 5. The molecule has 1 aliphatic carbocycles. The van der Waals surface area contributed by atoms with Crippen molar-refractivity contribution in [3.63, 3.8) is 0 Å². The van der Waals surface area contributed by atoms with Crippen LogP contribution in [0, 0.1) is 41.0 Å². The van der Waals surface area contributed by atoms with Crippen LogP contribution in [0.1, 0.15) is 97.6 Å². The molecule has 2 aromatic carbocycles. The number of alkyl halides is 2. The summed E-state index contributed by atoms with van der Waals surface area (Å²) in [5.74, 6) is -17.9. The minimum Gasteiger partial charge on any atom is -0.539 e. The average molecular weight is 666 g/mol. The van der Waals surface area contributed by atoms with Gasteiger partial charge in [0.05, 0.1) is 13.6 Å². The number of hydrogen-bond donors (Lipinski definition) is 0. The summed E-state index contributed by atoms with van der Waals surface area (Å²) in [4.78, 5) is 0. The average Bonchev–Trinajstić information content (AvgIpc) is 3.23. The number of fused-ring (bicyclic) bond motifs is 3. The van der Waals surface area contributed by atoms with Crippen LogP contribution in [-0.4, -0.2) is 16.4 Å². The van der Waals surface area contributed by atoms with Crippen molar-refractivity contribution in [1.82, 2.24) is 0 Å². The van der Waals surface area contributed by atoms with Crippen molar-refractivity contribution in [2.24, 2.45) is 0 Å². The highest BCUT2D eigenvalue weighted by atomic mass is 28.4. The zero-order valence-corrected chi connectivity index (χ0v) is 28.7. The molecule has 247 valence electrons. The lowest BCUT2D eigenvalue weighted by molar-refractivity contribution is 0.0425. The zero-order valence-electron chi connectivity index (χ0n) is 26.7. The van der Waals surface area contributed by atoms with Crippen LogP contribution in [0.2, 0.25) is 41.8 Å². The van der Waals surface area contributed by atoms with E-state index in [-0.39, 0.29) is 5.54 Å². The van der Waals surface area contributed by atoms with Gasteiger partial charge in [-0.05, 0) is 17.6 Å². The third-order valence-corrected chi connectivity index (χ3v) is 21.1. The van der Waals surface area contributed by atoms with Gasteiger partial charge in [0, 0.05) is 22.8 Å². The first-order valence-corrected chi connectivity index (χ1v) is 21.3. The van der Waals surface area contributed by atoms with Crippen molar-refractivity contribution in [2.75, 3.05) is 0 Å². The van der Waals surface area contributed by atoms with Gasteiger partial charge in [-0.15, -0.1) is 0 Å². The maximum absolute atomic E-state index is 16.1. The van der Waals surface area contributed by atoms with Crippen LogP contribution in [0.3, 0.4) is 0 Å². The fourth-order valence-corrected chi connectivity index (χ4v) is 14.7. The molecule has 2 aromatic rings. The van der Waals surface area contributed by atoms with Gasteiger partial charge in [0.2, 0.25) is 5.82 Å². The Bertz CT molecular complexity index is 1300. The molecule has 0 N–H and O–H groups in total. The van der Waals surface area contributed by atoms with Gasteiger partial charge < -0.3 is 4.43 Å². The Hall–Kier alpha value is -1.89. The van der Waals surface area contributed by atoms with Crippen molar-refractivity contribution >= 4 is 16.4 Å². The summed E-state index contributed by atoms with van der Waals surface area (Å²) in [6, 6.07) is 6.68. The van der Waals surface area contributed by atoms with E-state index in [2.05, 4.69) is 27.7 Å². The minimum absolute atomic E-state index is 0.194. The van der Waals surface area contributed by atoms with Gasteiger partial charge in [-0.3, -0.25) is 0 Å². The molecule has 0 heterocycles. The lowest BCUT2D eigenvalue weighted by Crippen LogP contribution is -2.46. The van der Waals surface area contributed by atoms with Gasteiger partial charge in [0.15, 0.2) is 34.8 Å². The van der Waals surface area contributed by atoms with Crippen LogP contribution in [-0.2, 0) is 5.92 Å². The van der Waals surface area contributed by atoms with Crippen molar-refractivity contribution in [3.8, 4) is 16.9 Å². The Morgan fingerprint density at radius 1 is 0.659 bits per heavy atom. The third kappa shape index (κ3) is 6.78. The molecule has 44 heavy (non-hydrogen) atoms. The van der Waals surface area contributed by atoms with Crippen LogP contribution in [0.5, 0.6) is 5.75 Å². The second-order valence-corrected chi connectivity index (χ2v) is 22.8. The lowest BCUT2D eigenvalue weighted by atomic mass is 10.0. The third-order valence-electron chi connectivity index (χ3n) is 10.1. The molecule has 0 fully saturated rings. The van der Waals surface area contributed by atoms with E-state index in [1.54, 1.807) is 0 Å². The fraction of sp³-hybridized carbons (Fsp3) is 0.636. The smallest absolute Gasteiger partial charge is 0.303 e. The summed E-state index contributed by atoms with van der Waals surface area (Å²) in [5, 5.41) is 0. The SMILES string of the molecule is CCCCCCCC[Si](CCC[Si](CC)(CC)CC)(Oc1c(F)c(F)c2c(c1F)C(F)(F)c1[c]c(F)c(F)c(F)c1-2)C(C)C. The van der Waals surface area contributed by atoms with Crippen LogP contribution in [0.25, 0.3) is 11.1 Å². The summed E-state index contributed by atoms with van der Waals surface area (Å²) in [5.41, 5.74) is -6.39. The van der Waals surface area contributed by atoms with Crippen LogP contribution < -0.4 is 4.43 Å². The van der Waals surface area contributed by atoms with E-state index in [4.69, 9.17) is 4.43 Å². The summed E-state index contributed by atoms with van der Waals surface area (Å²) in [6.45, 7) is 12.4. The molecule has 0 spiro atoms. The Balaban J connectivity index is 2.11. The van der Waals surface area contributed by atoms with Gasteiger partial charge in [0.25, 0.3) is 8.32 Å². The molecular weight excluding hydrogens is 621 g/mol. The molecule has 0 saturated carbocycles. The van der Waals surface area contributed by atoms with E-state index in [0.29, 0.717) is 18.5 Å². The predicted octanol–water partition coefficient (Wildman–Crippen LogP) is 12.4. The molecule has 0 bridgehead atoms. The molecule has 11 heteroatoms. The van der Waals surface area contributed by atoms with E-state index in [0.717, 1.165) is 62.7 Å². The van der Waals surface area contributed by atoms with Crippen molar-refractivity contribution in [2.45, 2.75) is 134 Å². The predicted molar refractivity (Wildman–Crippen MR) is 165 cm³/mol. The summed E-state index contributed by atoms with van der Waals surface area (Å²) < 4.78 is 127. The second-order valence-electron chi connectivity index (χ2n) is 12.7. The highest BCUT2D eigenvalue weighted by molar-refractivity contribution is 6.80. The molecule has 0 aliphatic heterocycles. The maximum atomic E-state index is 16.1. The fourth-order valence-electron chi connectivity index (χ4n) is 6.77. The molecule has 3 rings (SSSR count). The first kappa shape index (κ1) is 36.6. The minimum atomic E-state index is -4.51. The quantitative estimate of drug-likeness (QED) is 0.0537. The molecule has 0 saturated heterocycles. The normalized spacial score (nSPS) is 15.4. The van der Waals surface area contributed by atoms with E-state index >= 15 is 22.0 Å². The van der Waals surface area contributed by atoms with E-state index in [1.807, 2.05) is 13.8 Å². The summed E-state index contributed by atoms with van der Waals surface area (Å²) in [6.07, 6.45) is 6.52. The van der Waals surface area contributed by atoms with Crippen molar-refractivity contribution < 1.29 is 39.5 Å². The summed E-state index contributed by atoms with van der Waals surface area (Å²) in [7, 11) is -4.72. The van der Waals surface area contributed by atoms with Crippen LogP contribution in [0.4, 0.5) is 35.1 Å². The highest BCUT2D eigenvalue weighted by Crippen LogP contribution is 2.56. The Morgan fingerprint density at radius 3 is 1.77 bits per heavy atom. The van der Waals surface area contributed by atoms with E-state index < -0.39 is 85.2 Å². The van der Waals surface area contributed by atoms with E-state index in [9.17, 15) is 13.2 Å². The number of benzene rings is 2. The standard InChI is InChI=1S/C33H45F8OSi2/c1-7-11-12-13-14-15-18-44(21(5)6,19-16-17-43(8-2,9-3)10-4)42-32-30(38)26-25(29(37)31(32)39)24-22(33(26,40)41)20-23(34)27(35)28(24)36/h21H,7-19H2,1-6H3. The van der Waals surface area contributed by atoms with Gasteiger partial charge in [0.1, 0.15) is 0 Å². The molecule has 0 amide bonds. The first-order valence-electron chi connectivity index (χ1n) is 16.1. The van der Waals surface area contributed by atoms with Crippen molar-refractivity contribution in [1.29, 1.82) is 0 Å². The van der Waals surface area contributed by atoms with Crippen LogP contribution >= 0.6 is 0 Å². The van der Waals surface area contributed by atoms with Gasteiger partial charge in [-0.25, -0.2) is 22.0 Å².